The molecule has 0 aromatic rings. The molecule has 3 nitrogen and oxygen atoms in total. The first-order valence-electron chi connectivity index (χ1n) is 8.52. The molecule has 1 aliphatic carbocycles. The SMILES string of the molecule is CCCN(C)C1CCC(C(=O)N2CC(C(C)C)C2)CC1. The molecule has 0 aromatic heterocycles. The molecule has 1 heterocycles. The summed E-state index contributed by atoms with van der Waals surface area (Å²) in [7, 11) is 2.24. The van der Waals surface area contributed by atoms with E-state index in [1.807, 2.05) is 0 Å². The highest BCUT2D eigenvalue weighted by atomic mass is 16.2. The van der Waals surface area contributed by atoms with Gasteiger partial charge in [-0.15, -0.1) is 0 Å². The summed E-state index contributed by atoms with van der Waals surface area (Å²) < 4.78 is 0. The van der Waals surface area contributed by atoms with E-state index in [1.54, 1.807) is 0 Å². The molecule has 0 radical (unpaired) electrons. The van der Waals surface area contributed by atoms with Crippen molar-refractivity contribution in [1.29, 1.82) is 0 Å². The Bertz CT molecular complexity index is 315. The third kappa shape index (κ3) is 3.55. The van der Waals surface area contributed by atoms with Gasteiger partial charge in [0.15, 0.2) is 0 Å². The lowest BCUT2D eigenvalue weighted by Crippen LogP contribution is -2.54. The second-order valence-corrected chi connectivity index (χ2v) is 7.23. The first-order valence-corrected chi connectivity index (χ1v) is 8.52. The smallest absolute Gasteiger partial charge is 0.225 e. The lowest BCUT2D eigenvalue weighted by atomic mass is 9.82. The molecule has 0 aromatic carbocycles. The number of rotatable bonds is 5. The molecule has 0 spiro atoms. The van der Waals surface area contributed by atoms with Crippen LogP contribution in [0.25, 0.3) is 0 Å². The van der Waals surface area contributed by atoms with E-state index in [1.165, 1.54) is 25.8 Å². The van der Waals surface area contributed by atoms with Crippen LogP contribution in [0.5, 0.6) is 0 Å². The van der Waals surface area contributed by atoms with Gasteiger partial charge in [0.1, 0.15) is 0 Å². The monoisotopic (exact) mass is 280 g/mol. The Balaban J connectivity index is 1.73. The van der Waals surface area contributed by atoms with Crippen LogP contribution >= 0.6 is 0 Å². The maximum atomic E-state index is 12.5. The minimum Gasteiger partial charge on any atom is -0.342 e. The summed E-state index contributed by atoms with van der Waals surface area (Å²) in [4.78, 5) is 17.1. The van der Waals surface area contributed by atoms with Crippen molar-refractivity contribution in [2.45, 2.75) is 58.9 Å². The summed E-state index contributed by atoms with van der Waals surface area (Å²) in [5.74, 6) is 2.22. The predicted octanol–water partition coefficient (Wildman–Crippen LogP) is 3.00. The van der Waals surface area contributed by atoms with Gasteiger partial charge in [-0.2, -0.15) is 0 Å². The van der Waals surface area contributed by atoms with Crippen molar-refractivity contribution in [2.75, 3.05) is 26.7 Å². The molecule has 20 heavy (non-hydrogen) atoms. The summed E-state index contributed by atoms with van der Waals surface area (Å²) in [6.07, 6.45) is 5.82. The highest BCUT2D eigenvalue weighted by Gasteiger charge is 2.37. The fraction of sp³-hybridized carbons (Fsp3) is 0.941. The van der Waals surface area contributed by atoms with E-state index in [2.05, 4.69) is 37.6 Å². The topological polar surface area (TPSA) is 23.6 Å². The Labute approximate surface area is 124 Å². The van der Waals surface area contributed by atoms with Gasteiger partial charge in [-0.25, -0.2) is 0 Å². The Morgan fingerprint density at radius 1 is 1.20 bits per heavy atom. The van der Waals surface area contributed by atoms with E-state index in [-0.39, 0.29) is 0 Å². The molecular formula is C17H32N2O. The third-order valence-electron chi connectivity index (χ3n) is 5.41. The van der Waals surface area contributed by atoms with Gasteiger partial charge in [-0.1, -0.05) is 20.8 Å². The van der Waals surface area contributed by atoms with Gasteiger partial charge < -0.3 is 9.80 Å². The molecular weight excluding hydrogens is 248 g/mol. The third-order valence-corrected chi connectivity index (χ3v) is 5.41. The number of carbonyl (C=O) groups is 1. The van der Waals surface area contributed by atoms with Crippen molar-refractivity contribution in [2.24, 2.45) is 17.8 Å². The summed E-state index contributed by atoms with van der Waals surface area (Å²) in [6, 6.07) is 0.707. The zero-order valence-electron chi connectivity index (χ0n) is 13.8. The number of hydrogen-bond acceptors (Lipinski definition) is 2. The molecule has 0 N–H and O–H groups in total. The van der Waals surface area contributed by atoms with Crippen LogP contribution in [0.15, 0.2) is 0 Å². The van der Waals surface area contributed by atoms with Gasteiger partial charge in [0.25, 0.3) is 0 Å². The van der Waals surface area contributed by atoms with Crippen LogP contribution in [-0.4, -0.2) is 48.4 Å². The molecule has 2 aliphatic rings. The van der Waals surface area contributed by atoms with Gasteiger partial charge in [-0.3, -0.25) is 4.79 Å². The number of nitrogens with zero attached hydrogens (tertiary/aromatic N) is 2. The first kappa shape index (κ1) is 15.8. The van der Waals surface area contributed by atoms with Crippen molar-refractivity contribution in [3.8, 4) is 0 Å². The molecule has 116 valence electrons. The Hall–Kier alpha value is -0.570. The van der Waals surface area contributed by atoms with Crippen molar-refractivity contribution in [1.82, 2.24) is 9.80 Å². The fourth-order valence-electron chi connectivity index (χ4n) is 3.67. The number of carbonyl (C=O) groups excluding carboxylic acids is 1. The standard InChI is InChI=1S/C17H32N2O/c1-5-10-18(4)16-8-6-14(7-9-16)17(20)19-11-15(12-19)13(2)3/h13-16H,5-12H2,1-4H3. The highest BCUT2D eigenvalue weighted by molar-refractivity contribution is 5.79. The van der Waals surface area contributed by atoms with Crippen LogP contribution in [0.2, 0.25) is 0 Å². The van der Waals surface area contributed by atoms with E-state index < -0.39 is 0 Å². The maximum absolute atomic E-state index is 12.5. The van der Waals surface area contributed by atoms with Crippen LogP contribution in [0.4, 0.5) is 0 Å². The van der Waals surface area contributed by atoms with E-state index in [0.717, 1.165) is 37.8 Å². The average Bonchev–Trinajstić information content (AvgIpc) is 2.37. The van der Waals surface area contributed by atoms with E-state index >= 15 is 0 Å². The second-order valence-electron chi connectivity index (χ2n) is 7.23. The predicted molar refractivity (Wildman–Crippen MR) is 83.6 cm³/mol. The van der Waals surface area contributed by atoms with Gasteiger partial charge >= 0.3 is 0 Å². The van der Waals surface area contributed by atoms with Gasteiger partial charge in [-0.05, 0) is 57.5 Å². The maximum Gasteiger partial charge on any atom is 0.225 e. The number of amides is 1. The molecule has 2 fully saturated rings. The van der Waals surface area contributed by atoms with Crippen LogP contribution in [-0.2, 0) is 4.79 Å². The largest absolute Gasteiger partial charge is 0.342 e. The Morgan fingerprint density at radius 3 is 2.30 bits per heavy atom. The van der Waals surface area contributed by atoms with Crippen molar-refractivity contribution in [3.63, 3.8) is 0 Å². The first-order chi connectivity index (χ1) is 9.52. The molecule has 0 bridgehead atoms. The quantitative estimate of drug-likeness (QED) is 0.773. The summed E-state index contributed by atoms with van der Waals surface area (Å²) in [6.45, 7) is 9.97. The lowest BCUT2D eigenvalue weighted by molar-refractivity contribution is -0.144. The fourth-order valence-corrected chi connectivity index (χ4v) is 3.67. The molecule has 1 amide bonds. The second kappa shape index (κ2) is 6.93. The van der Waals surface area contributed by atoms with Crippen LogP contribution in [0.3, 0.4) is 0 Å². The van der Waals surface area contributed by atoms with Crippen LogP contribution in [0, 0.1) is 17.8 Å². The minimum atomic E-state index is 0.314. The lowest BCUT2D eigenvalue weighted by Gasteiger charge is -2.44. The van der Waals surface area contributed by atoms with Gasteiger partial charge in [0.2, 0.25) is 5.91 Å². The van der Waals surface area contributed by atoms with Gasteiger partial charge in [0.05, 0.1) is 0 Å². The minimum absolute atomic E-state index is 0.314. The molecule has 0 unspecified atom stereocenters. The molecule has 3 heteroatoms. The molecule has 2 rings (SSSR count). The number of likely N-dealkylation sites (tertiary alicyclic amines) is 1. The van der Waals surface area contributed by atoms with E-state index in [9.17, 15) is 4.79 Å². The van der Waals surface area contributed by atoms with Crippen molar-refractivity contribution in [3.05, 3.63) is 0 Å². The van der Waals surface area contributed by atoms with Gasteiger partial charge in [0, 0.05) is 25.0 Å². The summed E-state index contributed by atoms with van der Waals surface area (Å²) >= 11 is 0. The molecule has 1 aliphatic heterocycles. The normalized spacial score (nSPS) is 28.0. The average molecular weight is 280 g/mol. The number of hydrogen-bond donors (Lipinski definition) is 0. The van der Waals surface area contributed by atoms with Crippen molar-refractivity contribution >= 4 is 5.91 Å². The van der Waals surface area contributed by atoms with E-state index in [0.29, 0.717) is 17.9 Å². The van der Waals surface area contributed by atoms with Crippen LogP contribution in [0.1, 0.15) is 52.9 Å². The molecule has 1 saturated heterocycles. The zero-order chi connectivity index (χ0) is 14.7. The van der Waals surface area contributed by atoms with E-state index in [4.69, 9.17) is 0 Å². The van der Waals surface area contributed by atoms with Crippen LogP contribution < -0.4 is 0 Å². The Kier molecular flexibility index (Phi) is 5.48. The van der Waals surface area contributed by atoms with Crippen molar-refractivity contribution < 1.29 is 4.79 Å². The molecule has 0 atom stereocenters. The summed E-state index contributed by atoms with van der Waals surface area (Å²) in [5.41, 5.74) is 0. The zero-order valence-corrected chi connectivity index (χ0v) is 13.8. The molecule has 1 saturated carbocycles. The summed E-state index contributed by atoms with van der Waals surface area (Å²) in [5, 5.41) is 0. The highest BCUT2D eigenvalue weighted by Crippen LogP contribution is 2.32. The Morgan fingerprint density at radius 2 is 1.80 bits per heavy atom.